The molecular formula is C15H16N4OS. The van der Waals surface area contributed by atoms with E-state index in [1.54, 1.807) is 15.9 Å². The van der Waals surface area contributed by atoms with Crippen molar-refractivity contribution in [3.63, 3.8) is 0 Å². The zero-order valence-corrected chi connectivity index (χ0v) is 12.6. The largest absolute Gasteiger partial charge is 0.303 e. The zero-order chi connectivity index (χ0) is 14.4. The van der Waals surface area contributed by atoms with Crippen LogP contribution in [-0.2, 0) is 6.42 Å². The Morgan fingerprint density at radius 3 is 2.95 bits per heavy atom. The van der Waals surface area contributed by atoms with Gasteiger partial charge in [0.25, 0.3) is 5.56 Å². The van der Waals surface area contributed by atoms with Crippen LogP contribution in [0.1, 0.15) is 43.6 Å². The SMILES string of the molecule is CCc1nc(C2CCC2)n2nc(-c3cccs3)[nH]c(=O)c12. The molecule has 4 rings (SSSR count). The highest BCUT2D eigenvalue weighted by molar-refractivity contribution is 7.13. The first kappa shape index (κ1) is 12.8. The van der Waals surface area contributed by atoms with Crippen LogP contribution < -0.4 is 5.56 Å². The highest BCUT2D eigenvalue weighted by Crippen LogP contribution is 2.36. The minimum Gasteiger partial charge on any atom is -0.303 e. The molecule has 3 heterocycles. The number of hydrogen-bond acceptors (Lipinski definition) is 4. The summed E-state index contributed by atoms with van der Waals surface area (Å²) >= 11 is 1.57. The van der Waals surface area contributed by atoms with Crippen LogP contribution in [0.5, 0.6) is 0 Å². The Morgan fingerprint density at radius 1 is 1.48 bits per heavy atom. The van der Waals surface area contributed by atoms with Gasteiger partial charge in [-0.05, 0) is 30.7 Å². The van der Waals surface area contributed by atoms with E-state index in [1.807, 2.05) is 24.4 Å². The van der Waals surface area contributed by atoms with Gasteiger partial charge in [0.15, 0.2) is 11.3 Å². The maximum absolute atomic E-state index is 12.5. The predicted octanol–water partition coefficient (Wildman–Crippen LogP) is 2.98. The van der Waals surface area contributed by atoms with Gasteiger partial charge >= 0.3 is 0 Å². The van der Waals surface area contributed by atoms with Crippen LogP contribution in [0.25, 0.3) is 16.2 Å². The molecule has 1 aliphatic rings. The summed E-state index contributed by atoms with van der Waals surface area (Å²) in [7, 11) is 0. The van der Waals surface area contributed by atoms with Crippen molar-refractivity contribution < 1.29 is 0 Å². The molecular weight excluding hydrogens is 284 g/mol. The topological polar surface area (TPSA) is 63.1 Å². The minimum atomic E-state index is -0.0941. The first-order chi connectivity index (χ1) is 10.3. The van der Waals surface area contributed by atoms with Gasteiger partial charge < -0.3 is 4.98 Å². The fraction of sp³-hybridized carbons (Fsp3) is 0.400. The lowest BCUT2D eigenvalue weighted by molar-refractivity contribution is 0.396. The summed E-state index contributed by atoms with van der Waals surface area (Å²) in [6.45, 7) is 2.03. The molecule has 0 amide bonds. The van der Waals surface area contributed by atoms with Crippen molar-refractivity contribution in [3.8, 4) is 10.7 Å². The highest BCUT2D eigenvalue weighted by Gasteiger charge is 2.27. The molecule has 0 saturated heterocycles. The number of nitrogens with zero attached hydrogens (tertiary/aromatic N) is 3. The molecule has 3 aromatic rings. The van der Waals surface area contributed by atoms with Crippen LogP contribution in [0, 0.1) is 0 Å². The van der Waals surface area contributed by atoms with Gasteiger partial charge in [-0.15, -0.1) is 16.4 Å². The third-order valence-corrected chi connectivity index (χ3v) is 5.04. The van der Waals surface area contributed by atoms with Crippen molar-refractivity contribution in [1.82, 2.24) is 19.6 Å². The predicted molar refractivity (Wildman–Crippen MR) is 82.9 cm³/mol. The lowest BCUT2D eigenvalue weighted by atomic mass is 9.85. The van der Waals surface area contributed by atoms with Crippen LogP contribution in [0.4, 0.5) is 0 Å². The van der Waals surface area contributed by atoms with Gasteiger partial charge in [-0.25, -0.2) is 9.50 Å². The molecule has 0 spiro atoms. The molecule has 21 heavy (non-hydrogen) atoms. The fourth-order valence-corrected chi connectivity index (χ4v) is 3.46. The smallest absolute Gasteiger partial charge is 0.277 e. The molecule has 5 nitrogen and oxygen atoms in total. The van der Waals surface area contributed by atoms with E-state index in [0.29, 0.717) is 17.3 Å². The summed E-state index contributed by atoms with van der Waals surface area (Å²) < 4.78 is 1.79. The summed E-state index contributed by atoms with van der Waals surface area (Å²) in [6.07, 6.45) is 4.28. The number of rotatable bonds is 3. The molecule has 0 aromatic carbocycles. The Labute approximate surface area is 125 Å². The number of aromatic amines is 1. The van der Waals surface area contributed by atoms with Gasteiger partial charge in [0.2, 0.25) is 0 Å². The Kier molecular flexibility index (Phi) is 2.92. The van der Waals surface area contributed by atoms with Crippen molar-refractivity contribution >= 4 is 16.9 Å². The molecule has 1 fully saturated rings. The van der Waals surface area contributed by atoms with E-state index >= 15 is 0 Å². The van der Waals surface area contributed by atoms with Crippen molar-refractivity contribution in [1.29, 1.82) is 0 Å². The normalized spacial score (nSPS) is 15.5. The molecule has 0 aliphatic heterocycles. The molecule has 0 atom stereocenters. The van der Waals surface area contributed by atoms with Crippen LogP contribution in [0.15, 0.2) is 22.3 Å². The second-order valence-corrected chi connectivity index (χ2v) is 6.39. The standard InChI is InChI=1S/C15H16N4OS/c1-2-10-12-15(20)17-13(11-7-4-8-21-11)18-19(12)14(16-10)9-5-3-6-9/h4,7-9H,2-3,5-6H2,1H3,(H,17,18,20). The number of aromatic nitrogens is 4. The lowest BCUT2D eigenvalue weighted by Crippen LogP contribution is -2.18. The average molecular weight is 300 g/mol. The van der Waals surface area contributed by atoms with E-state index in [9.17, 15) is 4.79 Å². The van der Waals surface area contributed by atoms with Crippen molar-refractivity contribution in [2.24, 2.45) is 0 Å². The third kappa shape index (κ3) is 1.93. The number of H-pyrrole nitrogens is 1. The van der Waals surface area contributed by atoms with E-state index in [-0.39, 0.29) is 5.56 Å². The van der Waals surface area contributed by atoms with E-state index in [4.69, 9.17) is 4.98 Å². The molecule has 1 N–H and O–H groups in total. The molecule has 0 radical (unpaired) electrons. The molecule has 0 unspecified atom stereocenters. The van der Waals surface area contributed by atoms with E-state index in [0.717, 1.165) is 35.7 Å². The van der Waals surface area contributed by atoms with Crippen LogP contribution in [-0.4, -0.2) is 19.6 Å². The van der Waals surface area contributed by atoms with Crippen molar-refractivity contribution in [2.45, 2.75) is 38.5 Å². The number of imidazole rings is 1. The van der Waals surface area contributed by atoms with E-state index < -0.39 is 0 Å². The number of nitrogens with one attached hydrogen (secondary N) is 1. The summed E-state index contributed by atoms with van der Waals surface area (Å²) in [4.78, 5) is 21.0. The molecule has 108 valence electrons. The van der Waals surface area contributed by atoms with Crippen molar-refractivity contribution in [2.75, 3.05) is 0 Å². The first-order valence-corrected chi connectivity index (χ1v) is 8.21. The van der Waals surface area contributed by atoms with Gasteiger partial charge in [-0.1, -0.05) is 19.4 Å². The molecule has 6 heteroatoms. The van der Waals surface area contributed by atoms with Crippen LogP contribution >= 0.6 is 11.3 Å². The van der Waals surface area contributed by atoms with Crippen molar-refractivity contribution in [3.05, 3.63) is 39.4 Å². The van der Waals surface area contributed by atoms with Crippen LogP contribution in [0.2, 0.25) is 0 Å². The summed E-state index contributed by atoms with van der Waals surface area (Å²) in [5, 5.41) is 6.64. The second-order valence-electron chi connectivity index (χ2n) is 5.44. The van der Waals surface area contributed by atoms with Gasteiger partial charge in [-0.3, -0.25) is 4.79 Å². The Balaban J connectivity index is 1.99. The minimum absolute atomic E-state index is 0.0941. The summed E-state index contributed by atoms with van der Waals surface area (Å²) in [6, 6.07) is 3.93. The summed E-state index contributed by atoms with van der Waals surface area (Å²) in [5.41, 5.74) is 1.37. The zero-order valence-electron chi connectivity index (χ0n) is 11.8. The molecule has 1 saturated carbocycles. The second kappa shape index (κ2) is 4.80. The Bertz CT molecular complexity index is 843. The molecule has 0 bridgehead atoms. The fourth-order valence-electron chi connectivity index (χ4n) is 2.80. The maximum Gasteiger partial charge on any atom is 0.277 e. The molecule has 3 aromatic heterocycles. The Morgan fingerprint density at radius 2 is 2.33 bits per heavy atom. The average Bonchev–Trinajstić information content (AvgIpc) is 3.05. The monoisotopic (exact) mass is 300 g/mol. The quantitative estimate of drug-likeness (QED) is 0.809. The number of hydrogen-bond donors (Lipinski definition) is 1. The maximum atomic E-state index is 12.5. The van der Waals surface area contributed by atoms with Gasteiger partial charge in [-0.2, -0.15) is 0 Å². The third-order valence-electron chi connectivity index (χ3n) is 4.16. The van der Waals surface area contributed by atoms with E-state index in [1.165, 1.54) is 6.42 Å². The Hall–Kier alpha value is -1.95. The first-order valence-electron chi connectivity index (χ1n) is 7.33. The lowest BCUT2D eigenvalue weighted by Gasteiger charge is -2.23. The highest BCUT2D eigenvalue weighted by atomic mass is 32.1. The number of thiophene rings is 1. The van der Waals surface area contributed by atoms with E-state index in [2.05, 4.69) is 10.1 Å². The number of aryl methyl sites for hydroxylation is 1. The van der Waals surface area contributed by atoms with Gasteiger partial charge in [0.05, 0.1) is 10.6 Å². The van der Waals surface area contributed by atoms with Gasteiger partial charge in [0, 0.05) is 5.92 Å². The summed E-state index contributed by atoms with van der Waals surface area (Å²) in [5.74, 6) is 2.03. The number of fused-ring (bicyclic) bond motifs is 1. The van der Waals surface area contributed by atoms with Gasteiger partial charge in [0.1, 0.15) is 5.82 Å². The molecule has 1 aliphatic carbocycles. The van der Waals surface area contributed by atoms with Crippen LogP contribution in [0.3, 0.4) is 0 Å².